The van der Waals surface area contributed by atoms with Gasteiger partial charge in [0.25, 0.3) is 0 Å². The molecule has 0 aliphatic heterocycles. The van der Waals surface area contributed by atoms with Crippen LogP contribution in [0.4, 0.5) is 0 Å². The first-order valence-corrected chi connectivity index (χ1v) is 45.2. The Labute approximate surface area is 646 Å². The monoisotopic (exact) mass is 1490 g/mol. The number of aromatic nitrogens is 3. The summed E-state index contributed by atoms with van der Waals surface area (Å²) in [5.41, 5.74) is 21.6. The topological polar surface area (TPSA) is 39.9 Å². The third kappa shape index (κ3) is 15.9. The van der Waals surface area contributed by atoms with Gasteiger partial charge in [0.05, 0.1) is 6.61 Å². The summed E-state index contributed by atoms with van der Waals surface area (Å²) in [6.07, 6.45) is 43.4. The molecule has 6 heteroatoms. The van der Waals surface area contributed by atoms with E-state index in [2.05, 4.69) is 211 Å². The quantitative estimate of drug-likeness (QED) is 0.0165. The Bertz CT molecular complexity index is 4870. The summed E-state index contributed by atoms with van der Waals surface area (Å²) in [7, 11) is 0. The van der Waals surface area contributed by atoms with E-state index in [1.807, 2.05) is 0 Å². The van der Waals surface area contributed by atoms with Crippen molar-refractivity contribution in [3.63, 3.8) is 0 Å². The van der Waals surface area contributed by atoms with Crippen molar-refractivity contribution in [2.24, 2.45) is 11.8 Å². The van der Waals surface area contributed by atoms with Gasteiger partial charge in [0.15, 0.2) is 0 Å². The number of fused-ring (bicyclic) bond motifs is 7. The van der Waals surface area contributed by atoms with Crippen LogP contribution in [0, 0.1) is 18.8 Å². The molecule has 0 saturated carbocycles. The molecule has 0 radical (unpaired) electrons. The maximum atomic E-state index is 7.48. The molecule has 4 nitrogen and oxygen atoms in total. The summed E-state index contributed by atoms with van der Waals surface area (Å²) in [4.78, 5) is 0. The van der Waals surface area contributed by atoms with Crippen LogP contribution in [0.2, 0.25) is 0 Å². The molecule has 10 aromatic carbocycles. The molecule has 3 aromatic heterocycles. The van der Waals surface area contributed by atoms with E-state index < -0.39 is 5.41 Å². The first kappa shape index (κ1) is 75.7. The van der Waals surface area contributed by atoms with E-state index in [4.69, 9.17) is 13.5 Å². The molecule has 1 aliphatic rings. The maximum absolute atomic E-state index is 7.48. The Kier molecular flexibility index (Phi) is 26.0. The Morgan fingerprint density at radius 3 is 1.46 bits per heavy atom. The molecule has 0 bridgehead atoms. The van der Waals surface area contributed by atoms with Crippen molar-refractivity contribution in [3.8, 4) is 48.0 Å². The van der Waals surface area contributed by atoms with E-state index >= 15 is 0 Å². The molecule has 0 fully saturated rings. The van der Waals surface area contributed by atoms with E-state index in [-0.39, 0.29) is 14.5 Å². The number of nitrogens with zero attached hydrogens (tertiary/aromatic N) is 3. The predicted molar refractivity (Wildman–Crippen MR) is 462 cm³/mol. The average Bonchev–Trinajstić information content (AvgIpc) is 1.48. The summed E-state index contributed by atoms with van der Waals surface area (Å²) >= 11 is 1.34. The molecule has 3 heterocycles. The van der Waals surface area contributed by atoms with Gasteiger partial charge in [-0.15, -0.1) is 0 Å². The molecule has 2 atom stereocenters. The van der Waals surface area contributed by atoms with Crippen molar-refractivity contribution in [2.45, 2.75) is 279 Å². The van der Waals surface area contributed by atoms with Gasteiger partial charge in [-0.05, 0) is 44.4 Å². The number of aryl methyl sites for hydroxylation is 3. The minimum Gasteiger partial charge on any atom is -0.0654 e. The first-order chi connectivity index (χ1) is 52.3. The molecule has 14 rings (SSSR count). The summed E-state index contributed by atoms with van der Waals surface area (Å²) in [6, 6.07) is 64.1. The number of rotatable bonds is 44. The second-order valence-electron chi connectivity index (χ2n) is 32.3. The summed E-state index contributed by atoms with van der Waals surface area (Å²) in [5, 5.41) is 11.3. The van der Waals surface area contributed by atoms with Crippen LogP contribution < -0.4 is 4.74 Å². The Morgan fingerprint density at radius 2 is 0.887 bits per heavy atom. The zero-order valence-corrected chi connectivity index (χ0v) is 68.2. The normalized spacial score (nSPS) is 13.5. The van der Waals surface area contributed by atoms with Gasteiger partial charge in [-0.25, -0.2) is 0 Å². The van der Waals surface area contributed by atoms with Crippen molar-refractivity contribution in [1.29, 1.82) is 0 Å². The minimum absolute atomic E-state index is 0.00424. The van der Waals surface area contributed by atoms with E-state index in [0.29, 0.717) is 11.8 Å². The van der Waals surface area contributed by atoms with Crippen LogP contribution in [0.25, 0.3) is 107 Å². The zero-order chi connectivity index (χ0) is 72.8. The second kappa shape index (κ2) is 36.4. The Morgan fingerprint density at radius 1 is 0.415 bits per heavy atom. The molecule has 0 spiro atoms. The van der Waals surface area contributed by atoms with Crippen molar-refractivity contribution in [3.05, 3.63) is 197 Å². The number of hydrogen-bond acceptors (Lipinski definition) is 4. The molecule has 0 saturated heterocycles. The van der Waals surface area contributed by atoms with Gasteiger partial charge in [0, 0.05) is 0 Å². The third-order valence-electron chi connectivity index (χ3n) is 24.7. The molecular formula is C100H121N3OSSe. The van der Waals surface area contributed by atoms with Crippen molar-refractivity contribution >= 4 is 91.4 Å². The molecule has 13 aromatic rings. The fraction of sp³-hybridized carbons (Fsp3) is 0.460. The molecular weight excluding hydrogens is 1370 g/mol. The van der Waals surface area contributed by atoms with Crippen LogP contribution in [0.15, 0.2) is 158 Å². The Balaban J connectivity index is 1.03. The van der Waals surface area contributed by atoms with E-state index in [9.17, 15) is 0 Å². The molecule has 2 unspecified atom stereocenters. The SMILES string of the molecule is CCCCCCCCC(CCCCCC)COc1ccc2c(c1)C(c1ccc(CCCCCC)cc1)(c1ccc(CCCCCC)cc1)c1c-2c2cccc3c4cccc5c(-c6ccc(-c7ccc(-c8ccc(C)cc8)c8nsnc78)[se]6)cc6c(c54)c(c23)c1n6CC(CCCCCC)CCCCCCCC. The third-order valence-corrected chi connectivity index (χ3v) is 27.7. The molecule has 1 aliphatic carbocycles. The number of hydrogen-bond donors (Lipinski definition) is 0. The average molecular weight is 1490 g/mol. The number of benzene rings is 10. The van der Waals surface area contributed by atoms with Crippen molar-refractivity contribution in [2.75, 3.05) is 6.61 Å². The van der Waals surface area contributed by atoms with Crippen LogP contribution in [0.1, 0.15) is 286 Å². The van der Waals surface area contributed by atoms with Crippen LogP contribution in [0.3, 0.4) is 0 Å². The van der Waals surface area contributed by atoms with E-state index in [0.717, 1.165) is 48.3 Å². The van der Waals surface area contributed by atoms with Gasteiger partial charge < -0.3 is 0 Å². The molecule has 106 heavy (non-hydrogen) atoms. The van der Waals surface area contributed by atoms with Crippen LogP contribution in [-0.4, -0.2) is 34.4 Å². The van der Waals surface area contributed by atoms with E-state index in [1.54, 1.807) is 0 Å². The van der Waals surface area contributed by atoms with E-state index in [1.165, 1.54) is 347 Å². The Hall–Kier alpha value is -7.08. The van der Waals surface area contributed by atoms with Crippen molar-refractivity contribution < 1.29 is 4.74 Å². The first-order valence-electron chi connectivity index (χ1n) is 42.7. The molecule has 0 amide bonds. The molecule has 554 valence electrons. The minimum atomic E-state index is -0.699. The summed E-state index contributed by atoms with van der Waals surface area (Å²) < 4.78 is 23.4. The molecule has 0 N–H and O–H groups in total. The van der Waals surface area contributed by atoms with Gasteiger partial charge >= 0.3 is 443 Å². The van der Waals surface area contributed by atoms with Gasteiger partial charge in [-0.1, -0.05) is 157 Å². The summed E-state index contributed by atoms with van der Waals surface area (Å²) in [6.45, 7) is 18.0. The number of unbranched alkanes of at least 4 members (excludes halogenated alkanes) is 22. The van der Waals surface area contributed by atoms with Gasteiger partial charge in [-0.2, -0.15) is 0 Å². The second-order valence-corrected chi connectivity index (χ2v) is 35.1. The fourth-order valence-corrected chi connectivity index (χ4v) is 21.7. The fourth-order valence-electron chi connectivity index (χ4n) is 18.9. The van der Waals surface area contributed by atoms with Gasteiger partial charge in [-0.3, -0.25) is 0 Å². The predicted octanol–water partition coefficient (Wildman–Crippen LogP) is 30.2. The van der Waals surface area contributed by atoms with Crippen LogP contribution >= 0.6 is 11.7 Å². The van der Waals surface area contributed by atoms with Crippen LogP contribution in [-0.2, 0) is 24.8 Å². The zero-order valence-electron chi connectivity index (χ0n) is 65.7. The number of ether oxygens (including phenoxy) is 1. The standard InChI is InChI=1S/C100H121N3OSSe/c1-8-14-20-26-28-34-41-73(40-32-24-18-12-5)68-103-88-67-86(90-65-64-89(106-90)84-63-62-79(97-98(84)102-105-101-97)75-54-48-70(7)49-55-75)82-46-36-44-80-81-45-37-47-85-92(81)95(94(88)91(80)82)99(103)96-93(85)83-61-60-78(104-69-74(42-33-25-19-13-6)43-35-29-27-21-15-9-2)66-87(83)100(96,76-56-50-71(51-57-76)38-30-22-16-10-3)77-58-52-72(53-59-77)39-31-23-17-11-4/h36-37,44-67,73-74H,8-35,38-43,68-69H2,1-7H3. The smallest absolute Gasteiger partial charge is 0.0654 e. The summed E-state index contributed by atoms with van der Waals surface area (Å²) in [5.74, 6) is 2.07. The van der Waals surface area contributed by atoms with Crippen molar-refractivity contribution in [1.82, 2.24) is 13.3 Å². The van der Waals surface area contributed by atoms with Crippen LogP contribution in [0.5, 0.6) is 5.75 Å². The van der Waals surface area contributed by atoms with Gasteiger partial charge in [0.1, 0.15) is 0 Å². The van der Waals surface area contributed by atoms with Gasteiger partial charge in [0.2, 0.25) is 0 Å².